The highest BCUT2D eigenvalue weighted by Crippen LogP contribution is 2.25. The Morgan fingerprint density at radius 3 is 2.00 bits per heavy atom. The molecule has 2 nitrogen and oxygen atoms in total. The van der Waals surface area contributed by atoms with Gasteiger partial charge in [0.2, 0.25) is 0 Å². The largest absolute Gasteiger partial charge is 0.317 e. The minimum Gasteiger partial charge on any atom is -0.317 e. The number of nitrogens with one attached hydrogen (secondary N) is 1. The summed E-state index contributed by atoms with van der Waals surface area (Å²) in [5.74, 6) is -9.14. The van der Waals surface area contributed by atoms with Gasteiger partial charge in [0.1, 0.15) is 11.5 Å². The third-order valence-electron chi connectivity index (χ3n) is 2.53. The van der Waals surface area contributed by atoms with E-state index in [4.69, 9.17) is 0 Å². The maximum Gasteiger partial charge on any atom is 0.258 e. The Labute approximate surface area is 123 Å². The van der Waals surface area contributed by atoms with Crippen molar-refractivity contribution in [1.29, 1.82) is 0 Å². The number of anilines is 1. The van der Waals surface area contributed by atoms with Crippen LogP contribution in [0, 0.1) is 29.1 Å². The van der Waals surface area contributed by atoms with Gasteiger partial charge in [-0.05, 0) is 18.2 Å². The fourth-order valence-corrected chi connectivity index (χ4v) is 1.87. The summed E-state index contributed by atoms with van der Waals surface area (Å²) in [6.45, 7) is 0. The van der Waals surface area contributed by atoms with E-state index in [1.807, 2.05) is 0 Å². The minimum atomic E-state index is -1.78. The molecule has 0 radical (unpaired) electrons. The maximum atomic E-state index is 13.5. The van der Waals surface area contributed by atoms with E-state index in [0.29, 0.717) is 4.47 Å². The van der Waals surface area contributed by atoms with E-state index in [9.17, 15) is 26.7 Å². The zero-order valence-electron chi connectivity index (χ0n) is 9.99. The number of hydrogen-bond acceptors (Lipinski definition) is 1. The zero-order chi connectivity index (χ0) is 15.7. The van der Waals surface area contributed by atoms with Gasteiger partial charge in [-0.2, -0.15) is 0 Å². The molecule has 0 atom stereocenters. The summed E-state index contributed by atoms with van der Waals surface area (Å²) >= 11 is 2.96. The first-order chi connectivity index (χ1) is 9.81. The Morgan fingerprint density at radius 1 is 0.905 bits per heavy atom. The number of hydrogen-bond donors (Lipinski definition) is 1. The van der Waals surface area contributed by atoms with E-state index >= 15 is 0 Å². The minimum absolute atomic E-state index is 0.000531. The fourth-order valence-electron chi connectivity index (χ4n) is 1.54. The van der Waals surface area contributed by atoms with Crippen molar-refractivity contribution in [3.63, 3.8) is 0 Å². The predicted molar refractivity (Wildman–Crippen MR) is 68.3 cm³/mol. The smallest absolute Gasteiger partial charge is 0.258 e. The van der Waals surface area contributed by atoms with Crippen LogP contribution in [0.2, 0.25) is 0 Å². The summed E-state index contributed by atoms with van der Waals surface area (Å²) in [6, 6.07) is 3.31. The molecule has 1 amide bonds. The molecular formula is C13H5BrF5NO. The first-order valence-electron chi connectivity index (χ1n) is 5.40. The van der Waals surface area contributed by atoms with Gasteiger partial charge in [0.25, 0.3) is 5.91 Å². The lowest BCUT2D eigenvalue weighted by atomic mass is 10.2. The second kappa shape index (κ2) is 5.80. The molecule has 2 aromatic rings. The molecular weight excluding hydrogens is 361 g/mol. The van der Waals surface area contributed by atoms with Crippen LogP contribution in [-0.4, -0.2) is 5.91 Å². The molecule has 0 spiro atoms. The van der Waals surface area contributed by atoms with Crippen LogP contribution < -0.4 is 5.32 Å². The van der Waals surface area contributed by atoms with Crippen molar-refractivity contribution in [3.8, 4) is 0 Å². The van der Waals surface area contributed by atoms with Gasteiger partial charge >= 0.3 is 0 Å². The van der Waals surface area contributed by atoms with E-state index in [-0.39, 0.29) is 6.07 Å². The van der Waals surface area contributed by atoms with E-state index in [1.165, 1.54) is 6.07 Å². The quantitative estimate of drug-likeness (QED) is 0.620. The topological polar surface area (TPSA) is 29.1 Å². The predicted octanol–water partition coefficient (Wildman–Crippen LogP) is 4.40. The van der Waals surface area contributed by atoms with Crippen molar-refractivity contribution in [1.82, 2.24) is 0 Å². The van der Waals surface area contributed by atoms with Gasteiger partial charge in [-0.25, -0.2) is 22.0 Å². The molecule has 21 heavy (non-hydrogen) atoms. The fraction of sp³-hybridized carbons (Fsp3) is 0. The van der Waals surface area contributed by atoms with E-state index < -0.39 is 46.2 Å². The molecule has 0 bridgehead atoms. The lowest BCUT2D eigenvalue weighted by molar-refractivity contribution is 0.102. The molecule has 0 saturated carbocycles. The van der Waals surface area contributed by atoms with E-state index in [2.05, 4.69) is 15.9 Å². The highest BCUT2D eigenvalue weighted by molar-refractivity contribution is 9.10. The standard InChI is InChI=1S/C13H5BrF5NO/c14-5-1-2-6(7(15)3-5)13(21)20-12-10(18)8(16)4-9(17)11(12)19/h1-4H,(H,20,21). The van der Waals surface area contributed by atoms with Crippen molar-refractivity contribution < 1.29 is 26.7 Å². The summed E-state index contributed by atoms with van der Waals surface area (Å²) < 4.78 is 66.6. The first-order valence-corrected chi connectivity index (χ1v) is 6.20. The molecule has 0 saturated heterocycles. The second-order valence-electron chi connectivity index (χ2n) is 3.92. The van der Waals surface area contributed by atoms with Crippen molar-refractivity contribution in [3.05, 3.63) is 63.4 Å². The number of halogens is 6. The molecule has 2 rings (SSSR count). The molecule has 0 aliphatic carbocycles. The summed E-state index contributed by atoms with van der Waals surface area (Å²) in [5, 5.41) is 1.61. The zero-order valence-corrected chi connectivity index (χ0v) is 11.6. The van der Waals surface area contributed by atoms with E-state index in [1.54, 1.807) is 5.32 Å². The number of carbonyl (C=O) groups excluding carboxylic acids is 1. The Morgan fingerprint density at radius 2 is 1.48 bits per heavy atom. The van der Waals surface area contributed by atoms with Crippen LogP contribution in [0.3, 0.4) is 0 Å². The van der Waals surface area contributed by atoms with Crippen LogP contribution in [0.1, 0.15) is 10.4 Å². The molecule has 110 valence electrons. The van der Waals surface area contributed by atoms with Gasteiger partial charge < -0.3 is 5.32 Å². The molecule has 0 aliphatic rings. The highest BCUT2D eigenvalue weighted by atomic mass is 79.9. The summed E-state index contributed by atoms with van der Waals surface area (Å²) in [4.78, 5) is 11.7. The van der Waals surface area contributed by atoms with Crippen molar-refractivity contribution in [2.75, 3.05) is 5.32 Å². The number of carbonyl (C=O) groups is 1. The van der Waals surface area contributed by atoms with Gasteiger partial charge in [0, 0.05) is 10.5 Å². The molecule has 0 unspecified atom stereocenters. The average molecular weight is 366 g/mol. The van der Waals surface area contributed by atoms with Crippen LogP contribution in [0.25, 0.3) is 0 Å². The monoisotopic (exact) mass is 365 g/mol. The van der Waals surface area contributed by atoms with Crippen LogP contribution in [0.5, 0.6) is 0 Å². The molecule has 0 heterocycles. The first kappa shape index (κ1) is 15.4. The number of amides is 1. The number of rotatable bonds is 2. The number of benzene rings is 2. The summed E-state index contributed by atoms with van der Waals surface area (Å²) in [5.41, 5.74) is -1.86. The van der Waals surface area contributed by atoms with E-state index in [0.717, 1.165) is 12.1 Å². The van der Waals surface area contributed by atoms with Crippen LogP contribution in [0.4, 0.5) is 27.6 Å². The Kier molecular flexibility index (Phi) is 4.26. The Bertz CT molecular complexity index is 709. The van der Waals surface area contributed by atoms with Gasteiger partial charge in [0.05, 0.1) is 5.56 Å². The molecule has 1 N–H and O–H groups in total. The van der Waals surface area contributed by atoms with Crippen LogP contribution in [-0.2, 0) is 0 Å². The molecule has 2 aromatic carbocycles. The lowest BCUT2D eigenvalue weighted by Gasteiger charge is -2.09. The normalized spacial score (nSPS) is 10.6. The van der Waals surface area contributed by atoms with Crippen molar-refractivity contribution >= 4 is 27.5 Å². The van der Waals surface area contributed by atoms with Crippen molar-refractivity contribution in [2.45, 2.75) is 0 Å². The molecule has 0 aliphatic heterocycles. The average Bonchev–Trinajstić information content (AvgIpc) is 2.41. The van der Waals surface area contributed by atoms with Gasteiger partial charge in [-0.15, -0.1) is 0 Å². The molecule has 0 aromatic heterocycles. The molecule has 0 fully saturated rings. The van der Waals surface area contributed by atoms with Crippen LogP contribution in [0.15, 0.2) is 28.7 Å². The highest BCUT2D eigenvalue weighted by Gasteiger charge is 2.22. The Hall–Kier alpha value is -1.96. The second-order valence-corrected chi connectivity index (χ2v) is 4.84. The lowest BCUT2D eigenvalue weighted by Crippen LogP contribution is -2.17. The van der Waals surface area contributed by atoms with Gasteiger partial charge in [0.15, 0.2) is 23.3 Å². The van der Waals surface area contributed by atoms with Gasteiger partial charge in [-0.3, -0.25) is 4.79 Å². The molecule has 8 heteroatoms. The van der Waals surface area contributed by atoms with Gasteiger partial charge in [-0.1, -0.05) is 15.9 Å². The van der Waals surface area contributed by atoms with Crippen molar-refractivity contribution in [2.24, 2.45) is 0 Å². The third kappa shape index (κ3) is 3.05. The third-order valence-corrected chi connectivity index (χ3v) is 3.02. The summed E-state index contributed by atoms with van der Waals surface area (Å²) in [7, 11) is 0. The summed E-state index contributed by atoms with van der Waals surface area (Å²) in [6.07, 6.45) is 0. The Balaban J connectivity index is 2.41. The SMILES string of the molecule is O=C(Nc1c(F)c(F)cc(F)c1F)c1ccc(Br)cc1F. The van der Waals surface area contributed by atoms with Crippen LogP contribution >= 0.6 is 15.9 Å². The maximum absolute atomic E-state index is 13.5.